The molecule has 3 N–H and O–H groups in total. The first kappa shape index (κ1) is 31.4. The van der Waals surface area contributed by atoms with Crippen LogP contribution in [0.4, 0.5) is 14.0 Å². The Hall–Kier alpha value is -5.55. The lowest BCUT2D eigenvalue weighted by atomic mass is 9.96. The molecule has 2 aliphatic rings. The maximum absolute atomic E-state index is 15.8. The second-order valence-corrected chi connectivity index (χ2v) is 12.6. The average Bonchev–Trinajstić information content (AvgIpc) is 3.85. The molecule has 2 saturated heterocycles. The van der Waals surface area contributed by atoms with Crippen LogP contribution in [0.15, 0.2) is 54.9 Å². The molecule has 4 aromatic rings. The fourth-order valence-electron chi connectivity index (χ4n) is 6.02. The van der Waals surface area contributed by atoms with E-state index >= 15 is 4.39 Å². The van der Waals surface area contributed by atoms with Crippen molar-refractivity contribution >= 4 is 12.2 Å². The number of halogens is 1. The summed E-state index contributed by atoms with van der Waals surface area (Å²) in [6.45, 7) is 6.55. The number of amides is 2. The highest BCUT2D eigenvalue weighted by molar-refractivity contribution is 5.78. The van der Waals surface area contributed by atoms with E-state index in [-0.39, 0.29) is 23.7 Å². The number of ether oxygens (including phenoxy) is 1. The van der Waals surface area contributed by atoms with Gasteiger partial charge in [-0.15, -0.1) is 0 Å². The summed E-state index contributed by atoms with van der Waals surface area (Å²) in [6, 6.07) is 12.1. The van der Waals surface area contributed by atoms with Crippen LogP contribution in [-0.2, 0) is 4.74 Å². The number of carbonyl (C=O) groups excluding carboxylic acids is 1. The molecule has 0 spiro atoms. The van der Waals surface area contributed by atoms with Crippen LogP contribution in [-0.4, -0.2) is 65.7 Å². The van der Waals surface area contributed by atoms with Gasteiger partial charge in [0.15, 0.2) is 0 Å². The van der Waals surface area contributed by atoms with E-state index < -0.39 is 17.5 Å². The van der Waals surface area contributed by atoms with Crippen molar-refractivity contribution in [2.45, 2.75) is 64.1 Å². The number of carboxylic acid groups (broad SMARTS) is 1. The molecule has 4 heterocycles. The molecule has 47 heavy (non-hydrogen) atoms. The van der Waals surface area contributed by atoms with Crippen LogP contribution >= 0.6 is 0 Å². The number of carbonyl (C=O) groups is 2. The van der Waals surface area contributed by atoms with Crippen LogP contribution in [0, 0.1) is 29.5 Å². The summed E-state index contributed by atoms with van der Waals surface area (Å²) in [5, 5.41) is 9.43. The van der Waals surface area contributed by atoms with Crippen LogP contribution in [0.2, 0.25) is 0 Å². The van der Waals surface area contributed by atoms with E-state index in [1.54, 1.807) is 17.3 Å². The smallest absolute Gasteiger partial charge is 0.410 e. The number of benzene rings is 2. The number of hydrogen-bond donors (Lipinski definition) is 3. The number of rotatable bonds is 4. The summed E-state index contributed by atoms with van der Waals surface area (Å²) >= 11 is 0. The molecule has 6 rings (SSSR count). The first-order valence-corrected chi connectivity index (χ1v) is 15.6. The predicted molar refractivity (Wildman–Crippen MR) is 173 cm³/mol. The number of imidazole rings is 2. The highest BCUT2D eigenvalue weighted by Gasteiger charge is 2.35. The Morgan fingerprint density at radius 1 is 0.915 bits per heavy atom. The highest BCUT2D eigenvalue weighted by Crippen LogP contribution is 2.35. The standard InChI is InChI=1S/C36H35FN6O4/c1-36(2,3)47-35(46)43-18-10-16-31(43)33-39-22-29(41-33)24-19-27(23-11-5-4-6-12-23)26(28(37)20-24)14-8-7-13-25-21-38-32(40-25)30-15-9-17-42(30)34(44)45/h4-6,11-12,19-22,30-31H,9-10,15-18H2,1-3H3,(H,38,40)(H,39,41)(H,44,45). The van der Waals surface area contributed by atoms with E-state index in [0.29, 0.717) is 53.7 Å². The van der Waals surface area contributed by atoms with Crippen LogP contribution in [0.1, 0.15) is 81.4 Å². The van der Waals surface area contributed by atoms with Crippen molar-refractivity contribution in [1.82, 2.24) is 29.7 Å². The molecular formula is C36H35FN6O4. The lowest BCUT2D eigenvalue weighted by Crippen LogP contribution is -2.36. The molecule has 0 aliphatic carbocycles. The van der Waals surface area contributed by atoms with Gasteiger partial charge in [0.2, 0.25) is 0 Å². The zero-order valence-corrected chi connectivity index (χ0v) is 26.4. The lowest BCUT2D eigenvalue weighted by molar-refractivity contribution is 0.0218. The largest absolute Gasteiger partial charge is 0.465 e. The Bertz CT molecular complexity index is 1920. The molecule has 2 aromatic heterocycles. The number of H-pyrrole nitrogens is 2. The average molecular weight is 635 g/mol. The molecule has 2 fully saturated rings. The Labute approximate surface area is 272 Å². The third-order valence-corrected chi connectivity index (χ3v) is 8.13. The Morgan fingerprint density at radius 3 is 2.30 bits per heavy atom. The summed E-state index contributed by atoms with van der Waals surface area (Å²) in [5.74, 6) is 12.0. The van der Waals surface area contributed by atoms with Gasteiger partial charge < -0.3 is 19.8 Å². The maximum atomic E-state index is 15.8. The van der Waals surface area contributed by atoms with Gasteiger partial charge in [0.25, 0.3) is 0 Å². The predicted octanol–water partition coefficient (Wildman–Crippen LogP) is 6.90. The molecule has 0 saturated carbocycles. The first-order valence-electron chi connectivity index (χ1n) is 15.6. The van der Waals surface area contributed by atoms with Gasteiger partial charge in [-0.2, -0.15) is 0 Å². The normalized spacial score (nSPS) is 17.5. The van der Waals surface area contributed by atoms with Crippen molar-refractivity contribution in [3.63, 3.8) is 0 Å². The third-order valence-electron chi connectivity index (χ3n) is 8.13. The molecule has 2 aliphatic heterocycles. The van der Waals surface area contributed by atoms with Gasteiger partial charge in [-0.25, -0.2) is 23.9 Å². The number of nitrogens with one attached hydrogen (secondary N) is 2. The SMILES string of the molecule is CC(C)(C)OC(=O)N1CCCC1c1ncc(-c2cc(F)c(C#CC#Cc3cnc(C4CCCN4C(=O)O)[nH]3)c(-c3ccccc3)c2)[nH]1. The summed E-state index contributed by atoms with van der Waals surface area (Å²) in [4.78, 5) is 42.7. The van der Waals surface area contributed by atoms with Crippen molar-refractivity contribution in [3.05, 3.63) is 83.6 Å². The molecule has 2 atom stereocenters. The third kappa shape index (κ3) is 7.00. The number of nitrogens with zero attached hydrogens (tertiary/aromatic N) is 4. The molecule has 10 nitrogen and oxygen atoms in total. The molecule has 2 unspecified atom stereocenters. The zero-order chi connectivity index (χ0) is 33.1. The molecular weight excluding hydrogens is 599 g/mol. The number of aromatic amines is 2. The van der Waals surface area contributed by atoms with E-state index in [2.05, 4.69) is 43.6 Å². The minimum Gasteiger partial charge on any atom is -0.465 e. The van der Waals surface area contributed by atoms with Crippen molar-refractivity contribution in [2.24, 2.45) is 0 Å². The fourth-order valence-corrected chi connectivity index (χ4v) is 6.02. The zero-order valence-electron chi connectivity index (χ0n) is 26.4. The fraction of sp³-hybridized carbons (Fsp3) is 0.333. The maximum Gasteiger partial charge on any atom is 0.410 e. The van der Waals surface area contributed by atoms with Crippen LogP contribution in [0.5, 0.6) is 0 Å². The first-order chi connectivity index (χ1) is 22.6. The number of likely N-dealkylation sites (tertiary alicyclic amines) is 2. The summed E-state index contributed by atoms with van der Waals surface area (Å²) < 4.78 is 21.4. The van der Waals surface area contributed by atoms with Gasteiger partial charge in [-0.05, 0) is 87.8 Å². The van der Waals surface area contributed by atoms with Gasteiger partial charge in [-0.1, -0.05) is 30.3 Å². The second kappa shape index (κ2) is 13.1. The molecule has 2 amide bonds. The molecule has 240 valence electrons. The quantitative estimate of drug-likeness (QED) is 0.210. The van der Waals surface area contributed by atoms with Gasteiger partial charge >= 0.3 is 12.2 Å². The monoisotopic (exact) mass is 634 g/mol. The Balaban J connectivity index is 1.26. The van der Waals surface area contributed by atoms with Crippen molar-refractivity contribution in [3.8, 4) is 46.1 Å². The topological polar surface area (TPSA) is 127 Å². The van der Waals surface area contributed by atoms with Crippen molar-refractivity contribution < 1.29 is 23.8 Å². The minimum atomic E-state index is -0.976. The second-order valence-electron chi connectivity index (χ2n) is 12.6. The molecule has 11 heteroatoms. The molecule has 2 aromatic carbocycles. The number of hydrogen-bond acceptors (Lipinski definition) is 5. The number of aromatic nitrogens is 4. The van der Waals surface area contributed by atoms with Gasteiger partial charge in [0, 0.05) is 24.2 Å². The van der Waals surface area contributed by atoms with Crippen LogP contribution in [0.25, 0.3) is 22.4 Å². The summed E-state index contributed by atoms with van der Waals surface area (Å²) in [7, 11) is 0. The van der Waals surface area contributed by atoms with Crippen LogP contribution < -0.4 is 0 Å². The van der Waals surface area contributed by atoms with E-state index in [1.165, 1.54) is 11.0 Å². The van der Waals surface area contributed by atoms with E-state index in [0.717, 1.165) is 24.8 Å². The lowest BCUT2D eigenvalue weighted by Gasteiger charge is -2.27. The van der Waals surface area contributed by atoms with Gasteiger partial charge in [0.1, 0.15) is 28.8 Å². The van der Waals surface area contributed by atoms with E-state index in [4.69, 9.17) is 4.74 Å². The van der Waals surface area contributed by atoms with E-state index in [9.17, 15) is 14.7 Å². The highest BCUT2D eigenvalue weighted by atomic mass is 19.1. The molecule has 0 bridgehead atoms. The van der Waals surface area contributed by atoms with Gasteiger partial charge in [-0.3, -0.25) is 9.80 Å². The minimum absolute atomic E-state index is 0.203. The Morgan fingerprint density at radius 2 is 1.57 bits per heavy atom. The molecule has 0 radical (unpaired) electrons. The Kier molecular flexibility index (Phi) is 8.73. The van der Waals surface area contributed by atoms with E-state index in [1.807, 2.05) is 57.2 Å². The van der Waals surface area contributed by atoms with Crippen molar-refractivity contribution in [2.75, 3.05) is 13.1 Å². The van der Waals surface area contributed by atoms with Crippen LogP contribution in [0.3, 0.4) is 0 Å². The van der Waals surface area contributed by atoms with Crippen molar-refractivity contribution in [1.29, 1.82) is 0 Å². The summed E-state index contributed by atoms with van der Waals surface area (Å²) in [5.41, 5.74) is 2.68. The van der Waals surface area contributed by atoms with Gasteiger partial charge in [0.05, 0.1) is 35.7 Å². The summed E-state index contributed by atoms with van der Waals surface area (Å²) in [6.07, 6.45) is 4.87.